The quantitative estimate of drug-likeness (QED) is 0.617. The van der Waals surface area contributed by atoms with Crippen molar-refractivity contribution < 1.29 is 10.0 Å². The second kappa shape index (κ2) is 6.31. The number of benzene rings is 1. The molecule has 0 aliphatic rings. The molecule has 0 atom stereocenters. The van der Waals surface area contributed by atoms with Crippen LogP contribution in [0.25, 0.3) is 0 Å². The Hall–Kier alpha value is -2.19. The van der Waals surface area contributed by atoms with Gasteiger partial charge < -0.3 is 10.4 Å². The lowest BCUT2D eigenvalue weighted by atomic mass is 10.2. The van der Waals surface area contributed by atoms with Gasteiger partial charge in [-0.05, 0) is 12.1 Å². The Morgan fingerprint density at radius 3 is 3.00 bits per heavy atom. The van der Waals surface area contributed by atoms with E-state index in [-0.39, 0.29) is 17.3 Å². The van der Waals surface area contributed by atoms with E-state index in [2.05, 4.69) is 15.6 Å². The molecule has 8 nitrogen and oxygen atoms in total. The molecule has 9 heteroatoms. The Kier molecular flexibility index (Phi) is 4.49. The number of aliphatic hydroxyl groups excluding tert-OH is 1. The predicted octanol–water partition coefficient (Wildman–Crippen LogP) is 1.44. The van der Waals surface area contributed by atoms with Crippen molar-refractivity contribution in [3.05, 3.63) is 45.2 Å². The number of nitrogens with zero attached hydrogens (tertiary/aromatic N) is 4. The number of rotatable bonds is 6. The zero-order chi connectivity index (χ0) is 14.5. The van der Waals surface area contributed by atoms with Gasteiger partial charge in [-0.15, -0.1) is 5.10 Å². The lowest BCUT2D eigenvalue weighted by Crippen LogP contribution is -2.02. The number of hydrogen-bond donors (Lipinski definition) is 2. The average molecular weight is 298 g/mol. The minimum Gasteiger partial charge on any atom is -0.394 e. The van der Waals surface area contributed by atoms with Crippen LogP contribution in [0.15, 0.2) is 24.4 Å². The third kappa shape index (κ3) is 3.43. The highest BCUT2D eigenvalue weighted by atomic mass is 35.5. The normalized spacial score (nSPS) is 10.5. The van der Waals surface area contributed by atoms with Gasteiger partial charge in [0.15, 0.2) is 0 Å². The zero-order valence-corrected chi connectivity index (χ0v) is 11.1. The van der Waals surface area contributed by atoms with Crippen molar-refractivity contribution in [2.24, 2.45) is 0 Å². The fourth-order valence-electron chi connectivity index (χ4n) is 1.59. The van der Waals surface area contributed by atoms with E-state index in [4.69, 9.17) is 16.7 Å². The van der Waals surface area contributed by atoms with Crippen LogP contribution in [0.3, 0.4) is 0 Å². The van der Waals surface area contributed by atoms with Gasteiger partial charge in [-0.2, -0.15) is 0 Å². The molecular formula is C11H12ClN5O3. The molecule has 0 fully saturated rings. The van der Waals surface area contributed by atoms with Gasteiger partial charge in [-0.25, -0.2) is 4.68 Å². The van der Waals surface area contributed by atoms with Crippen LogP contribution in [0.2, 0.25) is 5.02 Å². The second-order valence-corrected chi connectivity index (χ2v) is 4.38. The van der Waals surface area contributed by atoms with Crippen LogP contribution in [-0.4, -0.2) is 31.6 Å². The Morgan fingerprint density at radius 2 is 2.30 bits per heavy atom. The number of aromatic nitrogens is 3. The smallest absolute Gasteiger partial charge is 0.289 e. The number of nitro groups is 1. The first-order valence-electron chi connectivity index (χ1n) is 5.78. The molecule has 0 unspecified atom stereocenters. The zero-order valence-electron chi connectivity index (χ0n) is 10.4. The molecule has 0 amide bonds. The van der Waals surface area contributed by atoms with Crippen molar-refractivity contribution in [3.63, 3.8) is 0 Å². The molecule has 2 aromatic rings. The maximum Gasteiger partial charge on any atom is 0.289 e. The van der Waals surface area contributed by atoms with Crippen molar-refractivity contribution in [2.45, 2.75) is 13.1 Å². The first kappa shape index (κ1) is 14.2. The van der Waals surface area contributed by atoms with Crippen molar-refractivity contribution in [3.8, 4) is 0 Å². The summed E-state index contributed by atoms with van der Waals surface area (Å²) >= 11 is 5.73. The van der Waals surface area contributed by atoms with Gasteiger partial charge >= 0.3 is 0 Å². The summed E-state index contributed by atoms with van der Waals surface area (Å²) in [6.07, 6.45) is 1.69. The molecular weight excluding hydrogens is 286 g/mol. The van der Waals surface area contributed by atoms with E-state index in [1.54, 1.807) is 12.3 Å². The first-order valence-corrected chi connectivity index (χ1v) is 6.15. The van der Waals surface area contributed by atoms with Crippen LogP contribution in [-0.2, 0) is 13.1 Å². The average Bonchev–Trinajstić information content (AvgIpc) is 2.86. The van der Waals surface area contributed by atoms with E-state index >= 15 is 0 Å². The molecule has 0 aliphatic heterocycles. The highest BCUT2D eigenvalue weighted by Crippen LogP contribution is 2.27. The van der Waals surface area contributed by atoms with Crippen molar-refractivity contribution in [2.75, 3.05) is 11.9 Å². The molecule has 0 bridgehead atoms. The second-order valence-electron chi connectivity index (χ2n) is 3.97. The van der Waals surface area contributed by atoms with Crippen LogP contribution in [0, 0.1) is 10.1 Å². The Morgan fingerprint density at radius 1 is 1.50 bits per heavy atom. The number of nitro benzene ring substituents is 1. The first-order chi connectivity index (χ1) is 9.60. The fourth-order valence-corrected chi connectivity index (χ4v) is 1.77. The molecule has 0 aliphatic carbocycles. The SMILES string of the molecule is O=[N+]([O-])c1cc(NCc2cn(CCO)nn2)ccc1Cl. The summed E-state index contributed by atoms with van der Waals surface area (Å²) < 4.78 is 1.52. The summed E-state index contributed by atoms with van der Waals surface area (Å²) in [6.45, 7) is 0.725. The highest BCUT2D eigenvalue weighted by molar-refractivity contribution is 6.32. The van der Waals surface area contributed by atoms with Crippen molar-refractivity contribution >= 4 is 23.0 Å². The third-order valence-corrected chi connectivity index (χ3v) is 2.85. The van der Waals surface area contributed by atoms with Gasteiger partial charge in [-0.1, -0.05) is 16.8 Å². The highest BCUT2D eigenvalue weighted by Gasteiger charge is 2.12. The molecule has 0 saturated carbocycles. The van der Waals surface area contributed by atoms with E-state index in [1.165, 1.54) is 16.8 Å². The summed E-state index contributed by atoms with van der Waals surface area (Å²) in [4.78, 5) is 10.2. The Balaban J connectivity index is 2.03. The topological polar surface area (TPSA) is 106 Å². The largest absolute Gasteiger partial charge is 0.394 e. The van der Waals surface area contributed by atoms with E-state index in [9.17, 15) is 10.1 Å². The molecule has 1 aromatic carbocycles. The van der Waals surface area contributed by atoms with E-state index in [0.717, 1.165) is 0 Å². The Labute approximate surface area is 119 Å². The minimum atomic E-state index is -0.537. The molecule has 0 saturated heterocycles. The molecule has 2 rings (SSSR count). The lowest BCUT2D eigenvalue weighted by molar-refractivity contribution is -0.384. The molecule has 0 radical (unpaired) electrons. The molecule has 0 spiro atoms. The van der Waals surface area contributed by atoms with Gasteiger partial charge in [0.2, 0.25) is 0 Å². The molecule has 106 valence electrons. The maximum atomic E-state index is 10.8. The van der Waals surface area contributed by atoms with Crippen LogP contribution >= 0.6 is 11.6 Å². The van der Waals surface area contributed by atoms with Gasteiger partial charge in [-0.3, -0.25) is 10.1 Å². The monoisotopic (exact) mass is 297 g/mol. The number of anilines is 1. The summed E-state index contributed by atoms with van der Waals surface area (Å²) in [5, 5.41) is 30.3. The molecule has 1 heterocycles. The summed E-state index contributed by atoms with van der Waals surface area (Å²) in [7, 11) is 0. The lowest BCUT2D eigenvalue weighted by Gasteiger charge is -2.04. The molecule has 20 heavy (non-hydrogen) atoms. The van der Waals surface area contributed by atoms with Gasteiger partial charge in [0.1, 0.15) is 10.7 Å². The number of hydrogen-bond acceptors (Lipinski definition) is 6. The van der Waals surface area contributed by atoms with Gasteiger partial charge in [0.25, 0.3) is 5.69 Å². The van der Waals surface area contributed by atoms with Crippen LogP contribution < -0.4 is 5.32 Å². The molecule has 2 N–H and O–H groups in total. The molecule has 1 aromatic heterocycles. The van der Waals surface area contributed by atoms with Crippen molar-refractivity contribution in [1.82, 2.24) is 15.0 Å². The number of nitrogens with one attached hydrogen (secondary N) is 1. The van der Waals surface area contributed by atoms with Crippen LogP contribution in [0.1, 0.15) is 5.69 Å². The predicted molar refractivity (Wildman–Crippen MR) is 72.5 cm³/mol. The van der Waals surface area contributed by atoms with Crippen molar-refractivity contribution in [1.29, 1.82) is 0 Å². The number of aliphatic hydroxyl groups is 1. The summed E-state index contributed by atoms with van der Waals surface area (Å²) in [6, 6.07) is 4.47. The van der Waals surface area contributed by atoms with E-state index < -0.39 is 4.92 Å². The Bertz CT molecular complexity index is 616. The van der Waals surface area contributed by atoms with E-state index in [0.29, 0.717) is 24.5 Å². The summed E-state index contributed by atoms with van der Waals surface area (Å²) in [5.74, 6) is 0. The van der Waals surface area contributed by atoms with E-state index in [1.807, 2.05) is 0 Å². The van der Waals surface area contributed by atoms with Gasteiger partial charge in [0.05, 0.1) is 30.8 Å². The fraction of sp³-hybridized carbons (Fsp3) is 0.273. The van der Waals surface area contributed by atoms with Gasteiger partial charge in [0, 0.05) is 11.8 Å². The van der Waals surface area contributed by atoms with Crippen LogP contribution in [0.4, 0.5) is 11.4 Å². The third-order valence-electron chi connectivity index (χ3n) is 2.53. The standard InChI is InChI=1S/C11H12ClN5O3/c12-10-2-1-8(5-11(10)17(19)20)13-6-9-7-16(3-4-18)15-14-9/h1-2,5,7,13,18H,3-4,6H2. The maximum absolute atomic E-state index is 10.8. The minimum absolute atomic E-state index is 0.0143. The van der Waals surface area contributed by atoms with Crippen LogP contribution in [0.5, 0.6) is 0 Å². The summed E-state index contributed by atoms with van der Waals surface area (Å²) in [5.41, 5.74) is 1.08. The number of halogens is 1.